The number of likely N-dealkylation sites (tertiary alicyclic amines) is 2. The van der Waals surface area contributed by atoms with Crippen LogP contribution in [0.4, 0.5) is 28.4 Å². The highest BCUT2D eigenvalue weighted by molar-refractivity contribution is 7.10. The molecule has 2 aromatic rings. The van der Waals surface area contributed by atoms with Crippen molar-refractivity contribution in [2.75, 3.05) is 64.7 Å². The van der Waals surface area contributed by atoms with Crippen LogP contribution < -0.4 is 5.32 Å². The van der Waals surface area contributed by atoms with Gasteiger partial charge >= 0.3 is 18.3 Å². The van der Waals surface area contributed by atoms with Gasteiger partial charge in [0.05, 0.1) is 22.8 Å². The third-order valence-electron chi connectivity index (χ3n) is 9.92. The van der Waals surface area contributed by atoms with Gasteiger partial charge in [-0.3, -0.25) is 9.69 Å². The Morgan fingerprint density at radius 2 is 1.67 bits per heavy atom. The maximum Gasteiger partial charge on any atom is 0.420 e. The van der Waals surface area contributed by atoms with Crippen molar-refractivity contribution in [3.8, 4) is 5.75 Å². The summed E-state index contributed by atoms with van der Waals surface area (Å²) >= 11 is 7.54. The van der Waals surface area contributed by atoms with Gasteiger partial charge in [0.15, 0.2) is 6.10 Å². The molecule has 1 atom stereocenters. The highest BCUT2D eigenvalue weighted by atomic mass is 35.5. The molecule has 0 bridgehead atoms. The second-order valence-corrected chi connectivity index (χ2v) is 14.4. The average Bonchev–Trinajstić information content (AvgIpc) is 3.52. The highest BCUT2D eigenvalue weighted by Crippen LogP contribution is 2.41. The maximum absolute atomic E-state index is 13.9. The monoisotopic (exact) mass is 712 g/mol. The fourth-order valence-corrected chi connectivity index (χ4v) is 8.13. The molecule has 1 aromatic carbocycles. The normalized spacial score (nSPS) is 21.2. The molecule has 16 heteroatoms. The standard InChI is InChI=1S/C32H40ClF3N6O5S/c1-38-11-13-39(14-12-38)21-2-7-40(8-3-21)29(44)26(18-20-16-23(32(34,35)36)28(43)24(33)17-20)47-31(46)41-9-4-22(5-10-41)42-19-27-25(6-15-48-27)37-30(42)45/h6,15-17,21-22,26,43H,2-5,7-14,18-19H2,1H3,(H,37,45)/t26-/m1/s1. The van der Waals surface area contributed by atoms with Gasteiger partial charge in [0, 0.05) is 75.7 Å². The summed E-state index contributed by atoms with van der Waals surface area (Å²) in [5.41, 5.74) is -0.501. The summed E-state index contributed by atoms with van der Waals surface area (Å²) in [7, 11) is 2.09. The number of carbonyl (C=O) groups excluding carboxylic acids is 3. The number of rotatable bonds is 6. The number of ether oxygens (including phenoxy) is 1. The number of hydrogen-bond acceptors (Lipinski definition) is 8. The molecule has 0 saturated carbocycles. The molecule has 4 aliphatic rings. The van der Waals surface area contributed by atoms with E-state index in [1.54, 1.807) is 21.1 Å². The number of nitrogens with one attached hydrogen (secondary N) is 1. The van der Waals surface area contributed by atoms with Gasteiger partial charge in [0.2, 0.25) is 0 Å². The molecule has 0 aliphatic carbocycles. The molecule has 48 heavy (non-hydrogen) atoms. The Kier molecular flexibility index (Phi) is 10.3. The summed E-state index contributed by atoms with van der Waals surface area (Å²) in [6.45, 7) is 5.78. The molecule has 11 nitrogen and oxygen atoms in total. The molecule has 6 rings (SSSR count). The molecule has 4 amide bonds. The van der Waals surface area contributed by atoms with Gasteiger partial charge in [-0.2, -0.15) is 13.2 Å². The number of carbonyl (C=O) groups is 3. The fraction of sp³-hybridized carbons (Fsp3) is 0.594. The second kappa shape index (κ2) is 14.3. The number of likely N-dealkylation sites (N-methyl/N-ethyl adjacent to an activating group) is 1. The quantitative estimate of drug-likeness (QED) is 0.438. The summed E-state index contributed by atoms with van der Waals surface area (Å²) < 4.78 is 46.9. The molecular weight excluding hydrogens is 673 g/mol. The topological polar surface area (TPSA) is 109 Å². The smallest absolute Gasteiger partial charge is 0.420 e. The first-order valence-electron chi connectivity index (χ1n) is 16.3. The molecule has 262 valence electrons. The number of phenols is 1. The van der Waals surface area contributed by atoms with E-state index in [1.165, 1.54) is 4.90 Å². The van der Waals surface area contributed by atoms with Crippen LogP contribution in [0.2, 0.25) is 5.02 Å². The fourth-order valence-electron chi connectivity index (χ4n) is 7.06. The van der Waals surface area contributed by atoms with E-state index in [1.807, 2.05) is 11.4 Å². The lowest BCUT2D eigenvalue weighted by molar-refractivity contribution is -0.142. The molecule has 0 unspecified atom stereocenters. The number of nitrogens with zero attached hydrogens (tertiary/aromatic N) is 5. The SMILES string of the molecule is CN1CCN(C2CCN(C(=O)[C@@H](Cc3cc(Cl)c(O)c(C(F)(F)F)c3)OC(=O)N3CCC(N4Cc5sccc5NC4=O)CC3)CC2)CC1. The summed E-state index contributed by atoms with van der Waals surface area (Å²) in [4.78, 5) is 50.8. The Hall–Kier alpha value is -3.27. The van der Waals surface area contributed by atoms with Crippen LogP contribution in [-0.4, -0.2) is 125 Å². The van der Waals surface area contributed by atoms with Crippen molar-refractivity contribution in [2.24, 2.45) is 0 Å². The minimum absolute atomic E-state index is 0.00589. The van der Waals surface area contributed by atoms with Crippen molar-refractivity contribution in [2.45, 2.75) is 63.0 Å². The zero-order valence-corrected chi connectivity index (χ0v) is 28.2. The molecule has 5 heterocycles. The summed E-state index contributed by atoms with van der Waals surface area (Å²) in [5.74, 6) is -1.58. The largest absolute Gasteiger partial charge is 0.506 e. The van der Waals surface area contributed by atoms with Crippen LogP contribution in [0.25, 0.3) is 0 Å². The van der Waals surface area contributed by atoms with Crippen molar-refractivity contribution in [3.05, 3.63) is 44.6 Å². The Bertz CT molecular complexity index is 1500. The van der Waals surface area contributed by atoms with Gasteiger partial charge in [0.25, 0.3) is 5.91 Å². The van der Waals surface area contributed by atoms with Crippen molar-refractivity contribution in [3.63, 3.8) is 0 Å². The first-order chi connectivity index (χ1) is 22.9. The van der Waals surface area contributed by atoms with E-state index in [0.29, 0.717) is 38.5 Å². The van der Waals surface area contributed by atoms with Crippen molar-refractivity contribution in [1.29, 1.82) is 0 Å². The summed E-state index contributed by atoms with van der Waals surface area (Å²) in [6.07, 6.45) is -4.89. The molecule has 3 fully saturated rings. The average molecular weight is 713 g/mol. The van der Waals surface area contributed by atoms with E-state index < -0.39 is 40.6 Å². The first-order valence-corrected chi connectivity index (χ1v) is 17.5. The van der Waals surface area contributed by atoms with E-state index in [4.69, 9.17) is 16.3 Å². The zero-order chi connectivity index (χ0) is 34.2. The Morgan fingerprint density at radius 3 is 2.33 bits per heavy atom. The van der Waals surface area contributed by atoms with Gasteiger partial charge in [-0.05, 0) is 61.9 Å². The first kappa shape index (κ1) is 34.6. The Labute approximate surface area is 286 Å². The molecular formula is C32H40ClF3N6O5S. The number of alkyl halides is 3. The molecule has 0 radical (unpaired) electrons. The van der Waals surface area contributed by atoms with E-state index in [9.17, 15) is 32.7 Å². The zero-order valence-electron chi connectivity index (χ0n) is 26.7. The molecule has 3 saturated heterocycles. The number of piperazine rings is 1. The van der Waals surface area contributed by atoms with Crippen LogP contribution in [0.15, 0.2) is 23.6 Å². The van der Waals surface area contributed by atoms with Crippen LogP contribution in [0.3, 0.4) is 0 Å². The number of amides is 4. The highest BCUT2D eigenvalue weighted by Gasteiger charge is 2.39. The third-order valence-corrected chi connectivity index (χ3v) is 11.1. The lowest BCUT2D eigenvalue weighted by Gasteiger charge is -2.42. The van der Waals surface area contributed by atoms with E-state index >= 15 is 0 Å². The number of piperidine rings is 2. The van der Waals surface area contributed by atoms with Gasteiger partial charge < -0.3 is 34.8 Å². The number of phenolic OH excluding ortho intramolecular Hbond substituents is 1. The number of thiophene rings is 1. The van der Waals surface area contributed by atoms with Gasteiger partial charge in [-0.15, -0.1) is 11.3 Å². The Balaban J connectivity index is 1.13. The number of anilines is 1. The lowest BCUT2D eigenvalue weighted by Crippen LogP contribution is -2.54. The van der Waals surface area contributed by atoms with Crippen molar-refractivity contribution < 1.29 is 37.4 Å². The predicted octanol–water partition coefficient (Wildman–Crippen LogP) is 4.92. The molecule has 4 aliphatic heterocycles. The van der Waals surface area contributed by atoms with Crippen LogP contribution in [-0.2, 0) is 28.7 Å². The van der Waals surface area contributed by atoms with Crippen LogP contribution in [0, 0.1) is 0 Å². The molecule has 2 N–H and O–H groups in total. The van der Waals surface area contributed by atoms with Gasteiger partial charge in [0.1, 0.15) is 5.75 Å². The third kappa shape index (κ3) is 7.63. The number of urea groups is 1. The maximum atomic E-state index is 13.9. The van der Waals surface area contributed by atoms with E-state index in [-0.39, 0.29) is 37.1 Å². The predicted molar refractivity (Wildman–Crippen MR) is 174 cm³/mol. The minimum Gasteiger partial charge on any atom is -0.506 e. The van der Waals surface area contributed by atoms with Gasteiger partial charge in [-0.1, -0.05) is 11.6 Å². The number of halogens is 4. The van der Waals surface area contributed by atoms with E-state index in [0.717, 1.165) is 61.7 Å². The van der Waals surface area contributed by atoms with Crippen molar-refractivity contribution in [1.82, 2.24) is 24.5 Å². The molecule has 0 spiro atoms. The van der Waals surface area contributed by atoms with Crippen LogP contribution >= 0.6 is 22.9 Å². The number of benzene rings is 1. The second-order valence-electron chi connectivity index (χ2n) is 13.0. The minimum atomic E-state index is -4.88. The summed E-state index contributed by atoms with van der Waals surface area (Å²) in [6, 6.07) is 3.82. The number of fused-ring (bicyclic) bond motifs is 1. The number of hydrogen-bond donors (Lipinski definition) is 2. The lowest BCUT2D eigenvalue weighted by atomic mass is 9.99. The van der Waals surface area contributed by atoms with Crippen molar-refractivity contribution >= 4 is 46.7 Å². The van der Waals surface area contributed by atoms with Crippen LogP contribution in [0.5, 0.6) is 5.75 Å². The number of aromatic hydroxyl groups is 1. The van der Waals surface area contributed by atoms with Gasteiger partial charge in [-0.25, -0.2) is 9.59 Å². The van der Waals surface area contributed by atoms with Crippen LogP contribution in [0.1, 0.15) is 41.7 Å². The van der Waals surface area contributed by atoms with E-state index in [2.05, 4.69) is 22.2 Å². The molecule has 1 aromatic heterocycles. The Morgan fingerprint density at radius 1 is 1.02 bits per heavy atom. The summed E-state index contributed by atoms with van der Waals surface area (Å²) in [5, 5.41) is 14.3.